The number of thiophene rings is 1. The van der Waals surface area contributed by atoms with Gasteiger partial charge >= 0.3 is 5.97 Å². The van der Waals surface area contributed by atoms with Gasteiger partial charge in [0, 0.05) is 10.7 Å². The molecule has 4 heteroatoms. The monoisotopic (exact) mass is 277 g/mol. The lowest BCUT2D eigenvalue weighted by molar-refractivity contribution is 0.0702. The molecule has 0 bridgehead atoms. The van der Waals surface area contributed by atoms with Gasteiger partial charge in [0.1, 0.15) is 4.88 Å². The minimum Gasteiger partial charge on any atom is -0.477 e. The Bertz CT molecular complexity index is 511. The minimum atomic E-state index is -0.851. The second-order valence-corrected chi connectivity index (χ2v) is 5.94. The van der Waals surface area contributed by atoms with Crippen molar-refractivity contribution >= 4 is 27.4 Å². The molecule has 2 aromatic rings. The SMILES string of the molecule is NC1CCCCC1.O=C(O)c1cc2ccccc2s1. The zero-order valence-corrected chi connectivity index (χ0v) is 11.7. The molecule has 0 atom stereocenters. The third-order valence-corrected chi connectivity index (χ3v) is 4.39. The maximum absolute atomic E-state index is 10.6. The molecular formula is C15H19NO2S. The smallest absolute Gasteiger partial charge is 0.345 e. The van der Waals surface area contributed by atoms with Gasteiger partial charge in [-0.05, 0) is 30.4 Å². The highest BCUT2D eigenvalue weighted by Crippen LogP contribution is 2.24. The zero-order chi connectivity index (χ0) is 13.7. The molecule has 1 aromatic carbocycles. The predicted octanol–water partition coefficient (Wildman–Crippen LogP) is 3.88. The van der Waals surface area contributed by atoms with Crippen LogP contribution in [0.15, 0.2) is 30.3 Å². The Morgan fingerprint density at radius 2 is 1.89 bits per heavy atom. The highest BCUT2D eigenvalue weighted by Gasteiger charge is 2.07. The summed E-state index contributed by atoms with van der Waals surface area (Å²) in [4.78, 5) is 11.0. The molecule has 1 aromatic heterocycles. The zero-order valence-electron chi connectivity index (χ0n) is 10.8. The number of carboxylic acid groups (broad SMARTS) is 1. The summed E-state index contributed by atoms with van der Waals surface area (Å²) in [5.41, 5.74) is 5.63. The number of hydrogen-bond acceptors (Lipinski definition) is 3. The lowest BCUT2D eigenvalue weighted by Gasteiger charge is -2.15. The standard InChI is InChI=1S/C9H6O2S.C6H13N/c10-9(11)8-5-6-3-1-2-4-7(6)12-8;7-6-4-2-1-3-5-6/h1-5H,(H,10,11);6H,1-5,7H2. The van der Waals surface area contributed by atoms with Crippen molar-refractivity contribution in [1.82, 2.24) is 0 Å². The average molecular weight is 277 g/mol. The summed E-state index contributed by atoms with van der Waals surface area (Å²) in [5.74, 6) is -0.851. The Morgan fingerprint density at radius 3 is 2.42 bits per heavy atom. The van der Waals surface area contributed by atoms with E-state index in [2.05, 4.69) is 0 Å². The van der Waals surface area contributed by atoms with E-state index in [1.54, 1.807) is 6.07 Å². The Morgan fingerprint density at radius 1 is 1.21 bits per heavy atom. The van der Waals surface area contributed by atoms with Crippen LogP contribution in [0.4, 0.5) is 0 Å². The molecule has 102 valence electrons. The fourth-order valence-electron chi connectivity index (χ4n) is 2.22. The molecule has 0 radical (unpaired) electrons. The predicted molar refractivity (Wildman–Crippen MR) is 79.8 cm³/mol. The maximum Gasteiger partial charge on any atom is 0.345 e. The topological polar surface area (TPSA) is 63.3 Å². The van der Waals surface area contributed by atoms with E-state index in [1.807, 2.05) is 24.3 Å². The first-order chi connectivity index (χ1) is 9.16. The first-order valence-corrected chi connectivity index (χ1v) is 7.46. The second kappa shape index (κ2) is 6.68. The summed E-state index contributed by atoms with van der Waals surface area (Å²) in [6.45, 7) is 0. The van der Waals surface area contributed by atoms with Crippen molar-refractivity contribution in [2.75, 3.05) is 0 Å². The van der Waals surface area contributed by atoms with E-state index in [0.29, 0.717) is 10.9 Å². The maximum atomic E-state index is 10.6. The number of fused-ring (bicyclic) bond motifs is 1. The molecule has 0 unspecified atom stereocenters. The normalized spacial score (nSPS) is 15.8. The van der Waals surface area contributed by atoms with Crippen LogP contribution in [0.1, 0.15) is 41.8 Å². The van der Waals surface area contributed by atoms with Crippen LogP contribution in [0, 0.1) is 0 Å². The summed E-state index contributed by atoms with van der Waals surface area (Å²) in [5, 5.41) is 9.70. The highest BCUT2D eigenvalue weighted by molar-refractivity contribution is 7.20. The number of hydrogen-bond donors (Lipinski definition) is 2. The van der Waals surface area contributed by atoms with E-state index in [-0.39, 0.29) is 0 Å². The number of aromatic carboxylic acids is 1. The fraction of sp³-hybridized carbons (Fsp3) is 0.400. The van der Waals surface area contributed by atoms with Crippen LogP contribution < -0.4 is 5.73 Å². The molecule has 0 amide bonds. The first kappa shape index (κ1) is 14.0. The summed E-state index contributed by atoms with van der Waals surface area (Å²) in [6, 6.07) is 9.88. The quantitative estimate of drug-likeness (QED) is 0.831. The van der Waals surface area contributed by atoms with E-state index in [0.717, 1.165) is 10.1 Å². The largest absolute Gasteiger partial charge is 0.477 e. The fourth-order valence-corrected chi connectivity index (χ4v) is 3.12. The van der Waals surface area contributed by atoms with E-state index >= 15 is 0 Å². The van der Waals surface area contributed by atoms with E-state index in [9.17, 15) is 4.79 Å². The number of rotatable bonds is 1. The minimum absolute atomic E-state index is 0.399. The number of nitrogens with two attached hydrogens (primary N) is 1. The van der Waals surface area contributed by atoms with Gasteiger partial charge in [-0.3, -0.25) is 0 Å². The van der Waals surface area contributed by atoms with Crippen molar-refractivity contribution in [1.29, 1.82) is 0 Å². The van der Waals surface area contributed by atoms with Crippen molar-refractivity contribution < 1.29 is 9.90 Å². The Hall–Kier alpha value is -1.39. The molecule has 1 aliphatic rings. The van der Waals surface area contributed by atoms with Crippen molar-refractivity contribution in [2.24, 2.45) is 5.73 Å². The van der Waals surface area contributed by atoms with Crippen molar-refractivity contribution in [2.45, 2.75) is 38.1 Å². The third-order valence-electron chi connectivity index (χ3n) is 3.29. The van der Waals surface area contributed by atoms with Crippen molar-refractivity contribution in [3.63, 3.8) is 0 Å². The molecule has 0 saturated heterocycles. The van der Waals surface area contributed by atoms with Gasteiger partial charge in [-0.2, -0.15) is 0 Å². The van der Waals surface area contributed by atoms with Gasteiger partial charge in [-0.25, -0.2) is 4.79 Å². The molecular weight excluding hydrogens is 258 g/mol. The molecule has 0 spiro atoms. The van der Waals surface area contributed by atoms with Crippen LogP contribution in [-0.4, -0.2) is 17.1 Å². The van der Waals surface area contributed by atoms with E-state index in [1.165, 1.54) is 43.4 Å². The van der Waals surface area contributed by atoms with Gasteiger partial charge in [-0.15, -0.1) is 11.3 Å². The van der Waals surface area contributed by atoms with Gasteiger partial charge in [0.25, 0.3) is 0 Å². The van der Waals surface area contributed by atoms with Crippen molar-refractivity contribution in [3.8, 4) is 0 Å². The molecule has 3 nitrogen and oxygen atoms in total. The van der Waals surface area contributed by atoms with Gasteiger partial charge in [-0.1, -0.05) is 37.5 Å². The highest BCUT2D eigenvalue weighted by atomic mass is 32.1. The molecule has 1 saturated carbocycles. The second-order valence-electron chi connectivity index (χ2n) is 4.85. The van der Waals surface area contributed by atoms with Gasteiger partial charge in [0.15, 0.2) is 0 Å². The Labute approximate surface area is 117 Å². The molecule has 3 rings (SSSR count). The third kappa shape index (κ3) is 4.04. The first-order valence-electron chi connectivity index (χ1n) is 6.64. The van der Waals surface area contributed by atoms with Crippen LogP contribution >= 0.6 is 11.3 Å². The van der Waals surface area contributed by atoms with E-state index in [4.69, 9.17) is 10.8 Å². The molecule has 1 heterocycles. The lowest BCUT2D eigenvalue weighted by Crippen LogP contribution is -2.22. The van der Waals surface area contributed by atoms with Gasteiger partial charge in [0.05, 0.1) is 0 Å². The summed E-state index contributed by atoms with van der Waals surface area (Å²) in [6.07, 6.45) is 6.66. The van der Waals surface area contributed by atoms with Crippen LogP contribution in [0.2, 0.25) is 0 Å². The summed E-state index contributed by atoms with van der Waals surface area (Å²) >= 11 is 1.31. The molecule has 0 aliphatic heterocycles. The Balaban J connectivity index is 0.000000163. The van der Waals surface area contributed by atoms with Crippen LogP contribution in [0.25, 0.3) is 10.1 Å². The summed E-state index contributed by atoms with van der Waals surface area (Å²) < 4.78 is 1.02. The molecule has 19 heavy (non-hydrogen) atoms. The number of carboxylic acids is 1. The molecule has 3 N–H and O–H groups in total. The molecule has 1 aliphatic carbocycles. The van der Waals surface area contributed by atoms with Crippen LogP contribution in [-0.2, 0) is 0 Å². The number of benzene rings is 1. The van der Waals surface area contributed by atoms with Crippen LogP contribution in [0.5, 0.6) is 0 Å². The van der Waals surface area contributed by atoms with Crippen molar-refractivity contribution in [3.05, 3.63) is 35.2 Å². The van der Waals surface area contributed by atoms with Gasteiger partial charge in [0.2, 0.25) is 0 Å². The number of carbonyl (C=O) groups is 1. The lowest BCUT2D eigenvalue weighted by atomic mass is 9.97. The average Bonchev–Trinajstić information content (AvgIpc) is 2.84. The molecule has 1 fully saturated rings. The van der Waals surface area contributed by atoms with Crippen LogP contribution in [0.3, 0.4) is 0 Å². The summed E-state index contributed by atoms with van der Waals surface area (Å²) in [7, 11) is 0. The Kier molecular flexibility index (Phi) is 4.93. The van der Waals surface area contributed by atoms with E-state index < -0.39 is 5.97 Å². The van der Waals surface area contributed by atoms with Gasteiger partial charge < -0.3 is 10.8 Å².